The van der Waals surface area contributed by atoms with Crippen molar-refractivity contribution in [3.63, 3.8) is 0 Å². The molecule has 106 valence electrons. The van der Waals surface area contributed by atoms with Gasteiger partial charge >= 0.3 is 5.97 Å². The summed E-state index contributed by atoms with van der Waals surface area (Å²) in [6, 6.07) is 5.54. The zero-order valence-electron chi connectivity index (χ0n) is 11.5. The van der Waals surface area contributed by atoms with Gasteiger partial charge < -0.3 is 15.2 Å². The SMILES string of the molecule is COC(=O)C(C)(C)COc1ccc(CCN)cc1Cl. The Balaban J connectivity index is 2.70. The van der Waals surface area contributed by atoms with Gasteiger partial charge in [0.2, 0.25) is 0 Å². The molecule has 0 heterocycles. The highest BCUT2D eigenvalue weighted by Crippen LogP contribution is 2.28. The molecule has 19 heavy (non-hydrogen) atoms. The van der Waals surface area contributed by atoms with E-state index < -0.39 is 5.41 Å². The zero-order valence-corrected chi connectivity index (χ0v) is 12.3. The van der Waals surface area contributed by atoms with Crippen molar-refractivity contribution in [2.24, 2.45) is 11.1 Å². The van der Waals surface area contributed by atoms with Gasteiger partial charge in [-0.05, 0) is 44.5 Å². The lowest BCUT2D eigenvalue weighted by molar-refractivity contribution is -0.152. The molecule has 1 aromatic rings. The summed E-state index contributed by atoms with van der Waals surface area (Å²) in [5.74, 6) is 0.239. The molecule has 4 nitrogen and oxygen atoms in total. The van der Waals surface area contributed by atoms with Gasteiger partial charge in [-0.2, -0.15) is 0 Å². The van der Waals surface area contributed by atoms with Crippen LogP contribution in [0, 0.1) is 5.41 Å². The van der Waals surface area contributed by atoms with E-state index in [1.807, 2.05) is 12.1 Å². The van der Waals surface area contributed by atoms with E-state index in [1.54, 1.807) is 19.9 Å². The molecule has 1 rings (SSSR count). The average Bonchev–Trinajstić information content (AvgIpc) is 2.37. The summed E-state index contributed by atoms with van der Waals surface area (Å²) < 4.78 is 10.3. The largest absolute Gasteiger partial charge is 0.491 e. The Kier molecular flexibility index (Phi) is 5.63. The van der Waals surface area contributed by atoms with Gasteiger partial charge in [-0.25, -0.2) is 0 Å². The fraction of sp³-hybridized carbons (Fsp3) is 0.500. The minimum Gasteiger partial charge on any atom is -0.491 e. The van der Waals surface area contributed by atoms with Gasteiger partial charge in [-0.1, -0.05) is 17.7 Å². The second-order valence-corrected chi connectivity index (χ2v) is 5.37. The van der Waals surface area contributed by atoms with Gasteiger partial charge in [0, 0.05) is 0 Å². The van der Waals surface area contributed by atoms with Crippen LogP contribution in [0.1, 0.15) is 19.4 Å². The van der Waals surface area contributed by atoms with E-state index in [-0.39, 0.29) is 12.6 Å². The van der Waals surface area contributed by atoms with Crippen LogP contribution in [-0.4, -0.2) is 26.2 Å². The van der Waals surface area contributed by atoms with Gasteiger partial charge in [0.15, 0.2) is 0 Å². The maximum Gasteiger partial charge on any atom is 0.314 e. The van der Waals surface area contributed by atoms with Crippen LogP contribution in [0.3, 0.4) is 0 Å². The third kappa shape index (κ3) is 4.40. The maximum absolute atomic E-state index is 11.5. The smallest absolute Gasteiger partial charge is 0.314 e. The van der Waals surface area contributed by atoms with Crippen LogP contribution < -0.4 is 10.5 Å². The molecule has 0 amide bonds. The van der Waals surface area contributed by atoms with Crippen LogP contribution in [-0.2, 0) is 16.0 Å². The van der Waals surface area contributed by atoms with E-state index in [9.17, 15) is 4.79 Å². The quantitative estimate of drug-likeness (QED) is 0.816. The first kappa shape index (κ1) is 15.8. The van der Waals surface area contributed by atoms with Crippen LogP contribution in [0.15, 0.2) is 18.2 Å². The number of ether oxygens (including phenoxy) is 2. The van der Waals surface area contributed by atoms with Crippen LogP contribution in [0.2, 0.25) is 5.02 Å². The topological polar surface area (TPSA) is 61.5 Å². The molecule has 0 radical (unpaired) electrons. The molecular formula is C14H20ClNO3. The van der Waals surface area contributed by atoms with Crippen molar-refractivity contribution in [2.75, 3.05) is 20.3 Å². The third-order valence-electron chi connectivity index (χ3n) is 2.76. The van der Waals surface area contributed by atoms with Gasteiger partial charge in [0.1, 0.15) is 12.4 Å². The summed E-state index contributed by atoms with van der Waals surface area (Å²) in [5.41, 5.74) is 5.84. The predicted octanol–water partition coefficient (Wildman–Crippen LogP) is 2.42. The van der Waals surface area contributed by atoms with Crippen molar-refractivity contribution in [3.05, 3.63) is 28.8 Å². The summed E-state index contributed by atoms with van der Waals surface area (Å²) in [5, 5.41) is 0.520. The predicted molar refractivity (Wildman–Crippen MR) is 75.5 cm³/mol. The second kappa shape index (κ2) is 6.78. The Morgan fingerprint density at radius 1 is 1.42 bits per heavy atom. The first-order valence-electron chi connectivity index (χ1n) is 6.10. The Morgan fingerprint density at radius 2 is 2.11 bits per heavy atom. The lowest BCUT2D eigenvalue weighted by atomic mass is 9.95. The Morgan fingerprint density at radius 3 is 2.63 bits per heavy atom. The van der Waals surface area contributed by atoms with Crippen molar-refractivity contribution in [1.82, 2.24) is 0 Å². The van der Waals surface area contributed by atoms with E-state index in [4.69, 9.17) is 26.8 Å². The van der Waals surface area contributed by atoms with Crippen LogP contribution in [0.25, 0.3) is 0 Å². The highest BCUT2D eigenvalue weighted by molar-refractivity contribution is 6.32. The molecule has 0 aliphatic carbocycles. The van der Waals surface area contributed by atoms with E-state index in [0.717, 1.165) is 12.0 Å². The molecule has 0 saturated carbocycles. The maximum atomic E-state index is 11.5. The fourth-order valence-corrected chi connectivity index (χ4v) is 1.83. The number of hydrogen-bond acceptors (Lipinski definition) is 4. The molecule has 0 aliphatic heterocycles. The van der Waals surface area contributed by atoms with E-state index >= 15 is 0 Å². The number of rotatable bonds is 6. The van der Waals surface area contributed by atoms with Crippen molar-refractivity contribution in [3.8, 4) is 5.75 Å². The minimum atomic E-state index is -0.714. The number of carbonyl (C=O) groups excluding carboxylic acids is 1. The Hall–Kier alpha value is -1.26. The molecule has 0 unspecified atom stereocenters. The molecule has 0 atom stereocenters. The van der Waals surface area contributed by atoms with Crippen LogP contribution in [0.4, 0.5) is 0 Å². The third-order valence-corrected chi connectivity index (χ3v) is 3.05. The first-order chi connectivity index (χ1) is 8.90. The van der Waals surface area contributed by atoms with Gasteiger partial charge in [0.05, 0.1) is 17.5 Å². The summed E-state index contributed by atoms with van der Waals surface area (Å²) in [6.07, 6.45) is 0.771. The van der Waals surface area contributed by atoms with Crippen molar-refractivity contribution in [1.29, 1.82) is 0 Å². The van der Waals surface area contributed by atoms with Crippen LogP contribution in [0.5, 0.6) is 5.75 Å². The van der Waals surface area contributed by atoms with E-state index in [2.05, 4.69) is 0 Å². The molecule has 0 saturated heterocycles. The number of benzene rings is 1. The van der Waals surface area contributed by atoms with E-state index in [1.165, 1.54) is 7.11 Å². The molecule has 0 bridgehead atoms. The van der Waals surface area contributed by atoms with Crippen molar-refractivity contribution in [2.45, 2.75) is 20.3 Å². The molecular weight excluding hydrogens is 266 g/mol. The first-order valence-corrected chi connectivity index (χ1v) is 6.48. The number of nitrogens with two attached hydrogens (primary N) is 1. The Labute approximate surface area is 118 Å². The van der Waals surface area contributed by atoms with Crippen molar-refractivity contribution >= 4 is 17.6 Å². The summed E-state index contributed by atoms with van der Waals surface area (Å²) >= 11 is 6.13. The molecule has 2 N–H and O–H groups in total. The summed E-state index contributed by atoms with van der Waals surface area (Å²) in [7, 11) is 1.36. The second-order valence-electron chi connectivity index (χ2n) is 4.97. The molecule has 5 heteroatoms. The number of esters is 1. The average molecular weight is 286 g/mol. The number of carbonyl (C=O) groups is 1. The highest BCUT2D eigenvalue weighted by atomic mass is 35.5. The zero-order chi connectivity index (χ0) is 14.5. The summed E-state index contributed by atoms with van der Waals surface area (Å²) in [6.45, 7) is 4.30. The molecule has 0 aliphatic rings. The number of hydrogen-bond donors (Lipinski definition) is 1. The van der Waals surface area contributed by atoms with Crippen LogP contribution >= 0.6 is 11.6 Å². The highest BCUT2D eigenvalue weighted by Gasteiger charge is 2.30. The van der Waals surface area contributed by atoms with Gasteiger partial charge in [-0.15, -0.1) is 0 Å². The minimum absolute atomic E-state index is 0.204. The normalized spacial score (nSPS) is 11.2. The fourth-order valence-electron chi connectivity index (χ4n) is 1.58. The standard InChI is InChI=1S/C14H20ClNO3/c1-14(2,13(17)18-3)9-19-12-5-4-10(6-7-16)8-11(12)15/h4-5,8H,6-7,9,16H2,1-3H3. The van der Waals surface area contributed by atoms with Crippen molar-refractivity contribution < 1.29 is 14.3 Å². The lowest BCUT2D eigenvalue weighted by Crippen LogP contribution is -2.32. The molecule has 0 fully saturated rings. The van der Waals surface area contributed by atoms with E-state index in [0.29, 0.717) is 17.3 Å². The van der Waals surface area contributed by atoms with Gasteiger partial charge in [-0.3, -0.25) is 4.79 Å². The molecule has 0 spiro atoms. The Bertz CT molecular complexity index is 446. The molecule has 0 aromatic heterocycles. The van der Waals surface area contributed by atoms with Gasteiger partial charge in [0.25, 0.3) is 0 Å². The summed E-state index contributed by atoms with van der Waals surface area (Å²) in [4.78, 5) is 11.5. The number of methoxy groups -OCH3 is 1. The monoisotopic (exact) mass is 285 g/mol. The molecule has 1 aromatic carbocycles. The number of halogens is 1. The lowest BCUT2D eigenvalue weighted by Gasteiger charge is -2.22.